The molecule has 0 amide bonds. The van der Waals surface area contributed by atoms with Gasteiger partial charge in [-0.2, -0.15) is 0 Å². The minimum Gasteiger partial charge on any atom is -0.455 e. The summed E-state index contributed by atoms with van der Waals surface area (Å²) in [5.41, 5.74) is 27.2. The Morgan fingerprint density at radius 1 is 0.378 bits per heavy atom. The van der Waals surface area contributed by atoms with Crippen LogP contribution in [-0.2, 0) is 28.2 Å². The van der Waals surface area contributed by atoms with Crippen molar-refractivity contribution in [2.45, 2.75) is 111 Å². The zero-order chi connectivity index (χ0) is 67.3. The van der Waals surface area contributed by atoms with Crippen LogP contribution in [0.1, 0.15) is 111 Å². The molecule has 12 aromatic carbocycles. The van der Waals surface area contributed by atoms with Crippen molar-refractivity contribution in [2.75, 3.05) is 14.6 Å². The van der Waals surface area contributed by atoms with Crippen LogP contribution in [0.25, 0.3) is 96.0 Å². The van der Waals surface area contributed by atoms with E-state index in [1.165, 1.54) is 113 Å². The van der Waals surface area contributed by atoms with Crippen LogP contribution in [0.15, 0.2) is 259 Å². The van der Waals surface area contributed by atoms with E-state index in [9.17, 15) is 0 Å². The molecule has 0 bridgehead atoms. The van der Waals surface area contributed by atoms with Crippen molar-refractivity contribution in [3.63, 3.8) is 0 Å². The molecule has 0 N–H and O–H groups in total. The standard InChI is InChI=1S/C91H80BN3OS2/c1-88(2,3)60-34-40-64(41-35-60)94(65-42-36-61(37-43-65)89(4,5)6)67-46-47-80-70(49-67)71-50-73-76(54-82(71)97-80)95(66-44-38-62(39-45-66)90(7,8)9)92-75-53-81-74(83(57-26-18-14-19-27-57)87(98-81)58-28-20-15-21-29-58)52-77(75)93(78-51-72-68-30-22-23-31-79(68)96-86(72)84(73)85(78)92)55-59-32-33-63(91(10,11)12)48-69(59)56-24-16-13-17-25-56/h13-54H,55H2,1-12H3. The highest BCUT2D eigenvalue weighted by molar-refractivity contribution is 7.26. The third kappa shape index (κ3) is 10.4. The summed E-state index contributed by atoms with van der Waals surface area (Å²) in [4.78, 5) is 9.12. The number of para-hydroxylation sites is 1. The van der Waals surface area contributed by atoms with Gasteiger partial charge >= 0.3 is 6.85 Å². The number of anilines is 7. The van der Waals surface area contributed by atoms with E-state index in [4.69, 9.17) is 4.42 Å². The van der Waals surface area contributed by atoms with Gasteiger partial charge in [0, 0.05) is 109 Å². The number of fused-ring (bicyclic) bond motifs is 12. The van der Waals surface area contributed by atoms with Crippen LogP contribution in [0.5, 0.6) is 0 Å². The smallest absolute Gasteiger partial charge is 0.333 e. The number of rotatable bonds is 9. The van der Waals surface area contributed by atoms with E-state index in [1.807, 2.05) is 22.7 Å². The van der Waals surface area contributed by atoms with E-state index in [-0.39, 0.29) is 28.5 Å². The van der Waals surface area contributed by atoms with Crippen molar-refractivity contribution < 1.29 is 4.42 Å². The lowest BCUT2D eigenvalue weighted by Crippen LogP contribution is -2.62. The predicted octanol–water partition coefficient (Wildman–Crippen LogP) is 25.4. The molecule has 15 aromatic rings. The molecule has 0 saturated carbocycles. The number of nitrogens with zero attached hydrogens (tertiary/aromatic N) is 3. The van der Waals surface area contributed by atoms with Crippen LogP contribution in [0.4, 0.5) is 39.8 Å². The Morgan fingerprint density at radius 2 is 0.908 bits per heavy atom. The van der Waals surface area contributed by atoms with Crippen LogP contribution in [0, 0.1) is 0 Å². The molecule has 0 aliphatic carbocycles. The topological polar surface area (TPSA) is 22.9 Å². The van der Waals surface area contributed by atoms with E-state index < -0.39 is 0 Å². The molecular weight excluding hydrogens is 1230 g/mol. The fourth-order valence-corrected chi connectivity index (χ4v) is 17.8. The van der Waals surface area contributed by atoms with Gasteiger partial charge in [0.05, 0.1) is 0 Å². The number of furan rings is 1. The van der Waals surface area contributed by atoms with Gasteiger partial charge < -0.3 is 19.0 Å². The van der Waals surface area contributed by atoms with Crippen molar-refractivity contribution in [3.8, 4) is 43.8 Å². The molecule has 7 heteroatoms. The van der Waals surface area contributed by atoms with Crippen LogP contribution in [0.3, 0.4) is 0 Å². The second-order valence-corrected chi connectivity index (χ2v) is 33.5. The van der Waals surface area contributed by atoms with E-state index in [2.05, 4.69) is 352 Å². The fourth-order valence-electron chi connectivity index (χ4n) is 15.4. The monoisotopic (exact) mass is 1310 g/mol. The Kier molecular flexibility index (Phi) is 14.4. The van der Waals surface area contributed by atoms with Gasteiger partial charge in [-0.15, -0.1) is 22.7 Å². The SMILES string of the molecule is CC(C)(C)c1ccc(N2B3c4cc5sc(-c6ccccc6)c(-c6ccccc6)c5cc4N(Cc4ccc(C(C)(C)C)cc4-c4ccccc4)c4cc5c(oc6ccccc65)c(c43)-c3cc4c(cc32)sc2ccc(N(c3ccc(C(C)(C)C)cc3)c3ccc(C(C)(C)C)cc3)cc24)cc1. The zero-order valence-electron chi connectivity index (χ0n) is 58.1. The third-order valence-electron chi connectivity index (χ3n) is 20.8. The maximum Gasteiger partial charge on any atom is 0.333 e. The lowest BCUT2D eigenvalue weighted by atomic mass is 9.43. The Hall–Kier alpha value is -9.92. The summed E-state index contributed by atoms with van der Waals surface area (Å²) in [6.45, 7) is 28.0. The van der Waals surface area contributed by atoms with Gasteiger partial charge in [0.15, 0.2) is 0 Å². The molecule has 0 fully saturated rings. The van der Waals surface area contributed by atoms with Crippen LogP contribution in [-0.4, -0.2) is 6.85 Å². The molecule has 480 valence electrons. The van der Waals surface area contributed by atoms with Gasteiger partial charge in [-0.1, -0.05) is 247 Å². The summed E-state index contributed by atoms with van der Waals surface area (Å²) in [7, 11) is 0. The van der Waals surface area contributed by atoms with Gasteiger partial charge in [-0.3, -0.25) is 0 Å². The largest absolute Gasteiger partial charge is 0.455 e. The number of thiophene rings is 2. The lowest BCUT2D eigenvalue weighted by molar-refractivity contribution is 0.590. The van der Waals surface area contributed by atoms with Crippen LogP contribution < -0.4 is 25.5 Å². The van der Waals surface area contributed by atoms with Crippen molar-refractivity contribution in [1.29, 1.82) is 0 Å². The Morgan fingerprint density at radius 3 is 1.53 bits per heavy atom. The average molecular weight is 1310 g/mol. The summed E-state index contributed by atoms with van der Waals surface area (Å²) in [5.74, 6) is 0. The molecule has 4 nitrogen and oxygen atoms in total. The van der Waals surface area contributed by atoms with E-state index in [0.29, 0.717) is 6.54 Å². The van der Waals surface area contributed by atoms with Crippen molar-refractivity contribution in [3.05, 3.63) is 283 Å². The highest BCUT2D eigenvalue weighted by Crippen LogP contribution is 2.55. The second-order valence-electron chi connectivity index (χ2n) is 31.3. The van der Waals surface area contributed by atoms with Crippen LogP contribution >= 0.6 is 22.7 Å². The van der Waals surface area contributed by atoms with Crippen LogP contribution in [0.2, 0.25) is 0 Å². The first-order chi connectivity index (χ1) is 47.1. The van der Waals surface area contributed by atoms with Gasteiger partial charge in [0.25, 0.3) is 0 Å². The van der Waals surface area contributed by atoms with Crippen molar-refractivity contribution >= 4 is 132 Å². The molecule has 17 rings (SSSR count). The summed E-state index contributed by atoms with van der Waals surface area (Å²) >= 11 is 3.80. The predicted molar refractivity (Wildman–Crippen MR) is 426 cm³/mol. The highest BCUT2D eigenvalue weighted by Gasteiger charge is 2.47. The summed E-state index contributed by atoms with van der Waals surface area (Å²) in [6.07, 6.45) is 0. The molecule has 0 unspecified atom stereocenters. The lowest BCUT2D eigenvalue weighted by Gasteiger charge is -2.46. The van der Waals surface area contributed by atoms with Gasteiger partial charge in [0.2, 0.25) is 0 Å². The average Bonchev–Trinajstić information content (AvgIpc) is 1.19. The number of hydrogen-bond acceptors (Lipinski definition) is 6. The van der Waals surface area contributed by atoms with Gasteiger partial charge in [-0.05, 0) is 174 Å². The number of hydrogen-bond donors (Lipinski definition) is 0. The zero-order valence-corrected chi connectivity index (χ0v) is 59.7. The normalized spacial score (nSPS) is 13.3. The maximum atomic E-state index is 7.47. The first kappa shape index (κ1) is 61.7. The molecule has 2 aliphatic rings. The van der Waals surface area contributed by atoms with Gasteiger partial charge in [-0.25, -0.2) is 0 Å². The van der Waals surface area contributed by atoms with Gasteiger partial charge in [0.1, 0.15) is 11.2 Å². The first-order valence-corrected chi connectivity index (χ1v) is 36.3. The molecule has 3 aromatic heterocycles. The van der Waals surface area contributed by atoms with E-state index in [1.54, 1.807) is 0 Å². The minimum absolute atomic E-state index is 0.0183. The molecule has 0 atom stereocenters. The molecule has 98 heavy (non-hydrogen) atoms. The fraction of sp³-hybridized carbons (Fsp3) is 0.187. The van der Waals surface area contributed by atoms with E-state index in [0.717, 1.165) is 61.5 Å². The Balaban J connectivity index is 0.972. The first-order valence-electron chi connectivity index (χ1n) is 34.7. The Labute approximate surface area is 585 Å². The third-order valence-corrected chi connectivity index (χ3v) is 23.1. The summed E-state index contributed by atoms with van der Waals surface area (Å²) in [5, 5.41) is 5.92. The quantitative estimate of drug-likeness (QED) is 0.134. The minimum atomic E-state index is -0.276. The molecule has 2 aliphatic heterocycles. The molecule has 0 spiro atoms. The number of benzene rings is 12. The second kappa shape index (κ2) is 22.8. The summed E-state index contributed by atoms with van der Waals surface area (Å²) < 4.78 is 11.2. The highest BCUT2D eigenvalue weighted by atomic mass is 32.1. The van der Waals surface area contributed by atoms with Crippen molar-refractivity contribution in [1.82, 2.24) is 0 Å². The summed E-state index contributed by atoms with van der Waals surface area (Å²) in [6, 6.07) is 97.0. The maximum absolute atomic E-state index is 7.47. The molecule has 0 radical (unpaired) electrons. The van der Waals surface area contributed by atoms with Crippen molar-refractivity contribution in [2.24, 2.45) is 0 Å². The molecule has 5 heterocycles. The van der Waals surface area contributed by atoms with E-state index >= 15 is 0 Å². The molecular formula is C91H80BN3OS2. The Bertz CT molecular complexity index is 5560. The molecule has 0 saturated heterocycles.